The van der Waals surface area contributed by atoms with Gasteiger partial charge in [-0.15, -0.1) is 0 Å². The van der Waals surface area contributed by atoms with E-state index in [1.54, 1.807) is 0 Å². The molecule has 5 fully saturated rings. The number of nitrogens with zero attached hydrogens (tertiary/aromatic N) is 1. The molecule has 6 rings (SSSR count). The second-order valence-electron chi connectivity index (χ2n) is 16.7. The van der Waals surface area contributed by atoms with E-state index < -0.39 is 0 Å². The molecule has 1 aromatic rings. The van der Waals surface area contributed by atoms with Gasteiger partial charge < -0.3 is 4.74 Å². The van der Waals surface area contributed by atoms with Crippen molar-refractivity contribution in [1.82, 2.24) is 0 Å². The van der Waals surface area contributed by atoms with Gasteiger partial charge in [-0.05, 0) is 122 Å². The normalized spacial score (nSPS) is 47.3. The molecule has 5 saturated carbocycles. The monoisotopic (exact) mass is 546 g/mol. The molecule has 5 aliphatic carbocycles. The molecule has 3 nitrogen and oxygen atoms in total. The number of hydrogen-bond acceptors (Lipinski definition) is 2. The van der Waals surface area contributed by atoms with Crippen molar-refractivity contribution in [1.29, 1.82) is 0 Å². The molecule has 0 aliphatic heterocycles. The summed E-state index contributed by atoms with van der Waals surface area (Å²) in [6, 6.07) is 5.92. The van der Waals surface area contributed by atoms with Crippen LogP contribution in [0.15, 0.2) is 42.7 Å². The molecule has 0 N–H and O–H groups in total. The van der Waals surface area contributed by atoms with Crippen molar-refractivity contribution in [3.8, 4) is 0 Å². The van der Waals surface area contributed by atoms with Crippen LogP contribution in [0, 0.1) is 56.7 Å². The highest BCUT2D eigenvalue weighted by Crippen LogP contribution is 2.77. The molecule has 0 bridgehead atoms. The summed E-state index contributed by atoms with van der Waals surface area (Å²) in [5.41, 5.74) is 3.05. The Bertz CT molecular complexity index is 1160. The number of ether oxygens (including phenoxy) is 1. The zero-order valence-corrected chi connectivity index (χ0v) is 26.6. The molecule has 1 unspecified atom stereocenters. The lowest BCUT2D eigenvalue weighted by molar-refractivity contribution is -0.686. The second kappa shape index (κ2) is 9.43. The Kier molecular flexibility index (Phi) is 6.72. The standard InChI is InChI=1S/C37H56NO2/c1-25(2)26-14-17-34(5)20-21-36(7)27(32(26)34)12-13-29-35(6)18-16-30(33(3,4)28(35)15-19-37(29,36)8)40-31(39)24-38-22-10-9-11-23-38/h9-11,22-23,26-30,32H,1,12-21,24H2,2-8H3/q+1/t26-,27+,28-,29+,30?,32+,34+,35-,36+,37+/m0/s1. The van der Waals surface area contributed by atoms with Crippen LogP contribution in [-0.4, -0.2) is 12.1 Å². The predicted molar refractivity (Wildman–Crippen MR) is 161 cm³/mol. The third-order valence-electron chi connectivity index (χ3n) is 14.8. The number of esters is 1. The molecule has 1 aromatic heterocycles. The summed E-state index contributed by atoms with van der Waals surface area (Å²) in [6.07, 6.45) is 17.0. The molecule has 3 heteroatoms. The lowest BCUT2D eigenvalue weighted by Gasteiger charge is -2.73. The van der Waals surface area contributed by atoms with Gasteiger partial charge in [0.1, 0.15) is 6.10 Å². The van der Waals surface area contributed by atoms with E-state index in [9.17, 15) is 4.79 Å². The van der Waals surface area contributed by atoms with Gasteiger partial charge in [0, 0.05) is 17.5 Å². The van der Waals surface area contributed by atoms with Gasteiger partial charge in [0.25, 0.3) is 0 Å². The fraction of sp³-hybridized carbons (Fsp3) is 0.784. The van der Waals surface area contributed by atoms with E-state index >= 15 is 0 Å². The maximum Gasteiger partial charge on any atom is 0.372 e. The van der Waals surface area contributed by atoms with Gasteiger partial charge >= 0.3 is 5.97 Å². The van der Waals surface area contributed by atoms with Crippen molar-refractivity contribution in [3.05, 3.63) is 42.7 Å². The molecule has 5 aliphatic rings. The zero-order valence-electron chi connectivity index (χ0n) is 26.6. The Balaban J connectivity index is 1.25. The van der Waals surface area contributed by atoms with Crippen LogP contribution < -0.4 is 4.57 Å². The summed E-state index contributed by atoms with van der Waals surface area (Å²) >= 11 is 0. The highest BCUT2D eigenvalue weighted by atomic mass is 16.5. The quantitative estimate of drug-likeness (QED) is 0.215. The minimum atomic E-state index is -0.0968. The summed E-state index contributed by atoms with van der Waals surface area (Å²) < 4.78 is 8.22. The SMILES string of the molecule is C=C(C)[C@@H]1CC[C@]2(C)CC[C@]3(C)[C@H](CC[C@@H]4[C@@]5(C)CCC(OC(=O)C[n+]6ccccc6)C(C)(C)[C@@H]5CC[C@]43C)[C@@H]12. The Morgan fingerprint density at radius 3 is 2.25 bits per heavy atom. The minimum absolute atomic E-state index is 0.00358. The van der Waals surface area contributed by atoms with Crippen molar-refractivity contribution >= 4 is 5.97 Å². The molecule has 0 saturated heterocycles. The lowest BCUT2D eigenvalue weighted by Crippen LogP contribution is -2.66. The summed E-state index contributed by atoms with van der Waals surface area (Å²) in [5.74, 6) is 3.63. The van der Waals surface area contributed by atoms with E-state index in [1.807, 2.05) is 35.2 Å². The first-order valence-electron chi connectivity index (χ1n) is 16.6. The summed E-state index contributed by atoms with van der Waals surface area (Å²) in [6.45, 7) is 22.7. The molecule has 40 heavy (non-hydrogen) atoms. The Labute approximate surface area is 244 Å². The first-order chi connectivity index (χ1) is 18.8. The maximum atomic E-state index is 13.0. The smallest absolute Gasteiger partial charge is 0.372 e. The fourth-order valence-corrected chi connectivity index (χ4v) is 12.6. The summed E-state index contributed by atoms with van der Waals surface area (Å²) in [4.78, 5) is 13.0. The number of hydrogen-bond donors (Lipinski definition) is 0. The lowest BCUT2D eigenvalue weighted by atomic mass is 9.32. The third kappa shape index (κ3) is 3.94. The van der Waals surface area contributed by atoms with Gasteiger partial charge in [-0.3, -0.25) is 0 Å². The molecule has 0 radical (unpaired) electrons. The van der Waals surface area contributed by atoms with Gasteiger partial charge in [-0.25, -0.2) is 4.79 Å². The average Bonchev–Trinajstić information content (AvgIpc) is 3.25. The number of rotatable bonds is 4. The number of pyridine rings is 1. The molecular formula is C37H56NO2+. The fourth-order valence-electron chi connectivity index (χ4n) is 12.6. The topological polar surface area (TPSA) is 30.2 Å². The molecule has 10 atom stereocenters. The van der Waals surface area contributed by atoms with Crippen LogP contribution >= 0.6 is 0 Å². The van der Waals surface area contributed by atoms with Crippen molar-refractivity contribution in [2.24, 2.45) is 56.7 Å². The predicted octanol–water partition coefficient (Wildman–Crippen LogP) is 8.56. The highest BCUT2D eigenvalue weighted by molar-refractivity contribution is 5.68. The van der Waals surface area contributed by atoms with Crippen LogP contribution in [0.2, 0.25) is 0 Å². The van der Waals surface area contributed by atoms with E-state index in [0.717, 1.165) is 30.1 Å². The summed E-state index contributed by atoms with van der Waals surface area (Å²) in [7, 11) is 0. The molecule has 0 spiro atoms. The largest absolute Gasteiger partial charge is 0.457 e. The molecule has 220 valence electrons. The number of allylic oxidation sites excluding steroid dienone is 1. The first-order valence-corrected chi connectivity index (χ1v) is 16.6. The Hall–Kier alpha value is -1.64. The van der Waals surface area contributed by atoms with Crippen molar-refractivity contribution in [2.45, 2.75) is 125 Å². The number of fused-ring (bicyclic) bond motifs is 7. The van der Waals surface area contributed by atoms with Crippen LogP contribution in [0.5, 0.6) is 0 Å². The van der Waals surface area contributed by atoms with Crippen LogP contribution in [0.1, 0.15) is 113 Å². The zero-order chi connectivity index (χ0) is 28.7. The van der Waals surface area contributed by atoms with E-state index in [0.29, 0.717) is 34.1 Å². The van der Waals surface area contributed by atoms with E-state index in [4.69, 9.17) is 4.74 Å². The van der Waals surface area contributed by atoms with Gasteiger partial charge in [-0.1, -0.05) is 59.8 Å². The van der Waals surface area contributed by atoms with E-state index in [1.165, 1.54) is 63.4 Å². The van der Waals surface area contributed by atoms with Crippen LogP contribution in [-0.2, 0) is 16.1 Å². The van der Waals surface area contributed by atoms with Gasteiger partial charge in [0.15, 0.2) is 12.4 Å². The highest BCUT2D eigenvalue weighted by Gasteiger charge is 2.70. The number of carbonyl (C=O) groups is 1. The maximum absolute atomic E-state index is 13.0. The molecule has 1 heterocycles. The average molecular weight is 547 g/mol. The molecule has 0 amide bonds. The van der Waals surface area contributed by atoms with Crippen molar-refractivity contribution in [3.63, 3.8) is 0 Å². The number of aromatic nitrogens is 1. The van der Waals surface area contributed by atoms with Crippen LogP contribution in [0.3, 0.4) is 0 Å². The first kappa shape index (κ1) is 28.5. The third-order valence-corrected chi connectivity index (χ3v) is 14.8. The molecular weight excluding hydrogens is 490 g/mol. The van der Waals surface area contributed by atoms with Gasteiger partial charge in [-0.2, -0.15) is 4.57 Å². The summed E-state index contributed by atoms with van der Waals surface area (Å²) in [5, 5.41) is 0. The van der Waals surface area contributed by atoms with E-state index in [-0.39, 0.29) is 17.5 Å². The molecule has 0 aromatic carbocycles. The minimum Gasteiger partial charge on any atom is -0.457 e. The Morgan fingerprint density at radius 2 is 1.55 bits per heavy atom. The van der Waals surface area contributed by atoms with Crippen LogP contribution in [0.25, 0.3) is 0 Å². The number of carbonyl (C=O) groups excluding carboxylic acids is 1. The van der Waals surface area contributed by atoms with Crippen molar-refractivity contribution < 1.29 is 14.1 Å². The van der Waals surface area contributed by atoms with Crippen LogP contribution in [0.4, 0.5) is 0 Å². The Morgan fingerprint density at radius 1 is 0.825 bits per heavy atom. The van der Waals surface area contributed by atoms with E-state index in [2.05, 4.69) is 55.0 Å². The van der Waals surface area contributed by atoms with Gasteiger partial charge in [0.05, 0.1) is 0 Å². The van der Waals surface area contributed by atoms with Crippen molar-refractivity contribution in [2.75, 3.05) is 0 Å². The van der Waals surface area contributed by atoms with Gasteiger partial charge in [0.2, 0.25) is 6.54 Å². The second-order valence-corrected chi connectivity index (χ2v) is 16.7.